The van der Waals surface area contributed by atoms with Gasteiger partial charge in [-0.05, 0) is 37.1 Å². The first-order valence-electron chi connectivity index (χ1n) is 6.82. The molecule has 0 bridgehead atoms. The molecule has 3 N–H and O–H groups in total. The number of rotatable bonds is 8. The molecule has 0 radical (unpaired) electrons. The summed E-state index contributed by atoms with van der Waals surface area (Å²) in [6.45, 7) is 0.509. The predicted molar refractivity (Wildman–Crippen MR) is 80.9 cm³/mol. The summed E-state index contributed by atoms with van der Waals surface area (Å²) >= 11 is 0. The van der Waals surface area contributed by atoms with E-state index in [9.17, 15) is 18.0 Å². The van der Waals surface area contributed by atoms with Crippen molar-refractivity contribution < 1.29 is 23.1 Å². The van der Waals surface area contributed by atoms with Crippen LogP contribution in [0.1, 0.15) is 36.0 Å². The van der Waals surface area contributed by atoms with E-state index in [1.165, 1.54) is 29.2 Å². The van der Waals surface area contributed by atoms with Crippen LogP contribution in [0.2, 0.25) is 0 Å². The summed E-state index contributed by atoms with van der Waals surface area (Å²) in [5.74, 6) is -1.04. The Morgan fingerprint density at radius 2 is 1.73 bits per heavy atom. The smallest absolute Gasteiger partial charge is 0.303 e. The lowest BCUT2D eigenvalue weighted by Crippen LogP contribution is -2.27. The molecular formula is C14H20N2O5S. The number of nitrogens with two attached hydrogens (primary N) is 1. The van der Waals surface area contributed by atoms with E-state index in [1.807, 2.05) is 0 Å². The van der Waals surface area contributed by atoms with Crippen LogP contribution >= 0.6 is 0 Å². The summed E-state index contributed by atoms with van der Waals surface area (Å²) in [5, 5.41) is 13.5. The van der Waals surface area contributed by atoms with Crippen LogP contribution < -0.4 is 5.14 Å². The fourth-order valence-electron chi connectivity index (χ4n) is 1.91. The van der Waals surface area contributed by atoms with Gasteiger partial charge in [-0.1, -0.05) is 6.42 Å². The minimum atomic E-state index is -3.77. The number of nitrogens with zero attached hydrogens (tertiary/aromatic N) is 1. The van der Waals surface area contributed by atoms with Gasteiger partial charge in [0.1, 0.15) is 0 Å². The molecule has 1 rings (SSSR count). The van der Waals surface area contributed by atoms with Gasteiger partial charge in [-0.15, -0.1) is 0 Å². The monoisotopic (exact) mass is 328 g/mol. The Bertz CT molecular complexity index is 625. The highest BCUT2D eigenvalue weighted by atomic mass is 32.2. The molecule has 7 nitrogen and oxygen atoms in total. The zero-order valence-electron chi connectivity index (χ0n) is 12.4. The van der Waals surface area contributed by atoms with Gasteiger partial charge in [-0.2, -0.15) is 0 Å². The molecule has 122 valence electrons. The number of unbranched alkanes of at least 4 members (excludes halogenated alkanes) is 2. The zero-order chi connectivity index (χ0) is 16.8. The van der Waals surface area contributed by atoms with Crippen molar-refractivity contribution >= 4 is 21.9 Å². The second-order valence-corrected chi connectivity index (χ2v) is 6.56. The number of hydrogen-bond acceptors (Lipinski definition) is 4. The molecule has 0 aromatic heterocycles. The van der Waals surface area contributed by atoms with Crippen LogP contribution in [0.4, 0.5) is 0 Å². The number of sulfonamides is 1. The fourth-order valence-corrected chi connectivity index (χ4v) is 2.43. The first-order chi connectivity index (χ1) is 10.2. The maximum absolute atomic E-state index is 12.1. The van der Waals surface area contributed by atoms with Gasteiger partial charge < -0.3 is 10.0 Å². The van der Waals surface area contributed by atoms with Crippen LogP contribution in [0.5, 0.6) is 0 Å². The van der Waals surface area contributed by atoms with Gasteiger partial charge in [-0.3, -0.25) is 9.59 Å². The molecule has 1 aromatic carbocycles. The molecule has 1 amide bonds. The minimum absolute atomic E-state index is 0.0413. The summed E-state index contributed by atoms with van der Waals surface area (Å²) < 4.78 is 22.3. The van der Waals surface area contributed by atoms with Gasteiger partial charge >= 0.3 is 5.97 Å². The molecule has 0 fully saturated rings. The van der Waals surface area contributed by atoms with Gasteiger partial charge in [0.25, 0.3) is 5.91 Å². The number of hydrogen-bond donors (Lipinski definition) is 2. The highest BCUT2D eigenvalue weighted by Crippen LogP contribution is 2.11. The average molecular weight is 328 g/mol. The number of amides is 1. The molecule has 0 heterocycles. The third-order valence-corrected chi connectivity index (χ3v) is 4.09. The summed E-state index contributed by atoms with van der Waals surface area (Å²) in [7, 11) is -2.12. The molecule has 0 aliphatic rings. The number of carbonyl (C=O) groups is 2. The maximum atomic E-state index is 12.1. The number of carbonyl (C=O) groups excluding carboxylic acids is 1. The summed E-state index contributed by atoms with van der Waals surface area (Å²) in [4.78, 5) is 24.0. The lowest BCUT2D eigenvalue weighted by atomic mass is 10.1. The molecule has 0 saturated heterocycles. The third-order valence-electron chi connectivity index (χ3n) is 3.16. The van der Waals surface area contributed by atoms with E-state index >= 15 is 0 Å². The van der Waals surface area contributed by atoms with Crippen LogP contribution in [-0.4, -0.2) is 43.9 Å². The highest BCUT2D eigenvalue weighted by Gasteiger charge is 2.13. The lowest BCUT2D eigenvalue weighted by Gasteiger charge is -2.17. The van der Waals surface area contributed by atoms with Gasteiger partial charge in [0.15, 0.2) is 0 Å². The number of primary sulfonamides is 1. The molecule has 1 aromatic rings. The van der Waals surface area contributed by atoms with Crippen molar-refractivity contribution in [3.63, 3.8) is 0 Å². The minimum Gasteiger partial charge on any atom is -0.481 e. The standard InChI is InChI=1S/C14H20N2O5S/c1-16(10-4-2-3-5-13(17)18)14(19)11-6-8-12(9-7-11)22(15,20)21/h6-9H,2-5,10H2,1H3,(H,17,18)(H2,15,20,21). The predicted octanol–water partition coefficient (Wildman–Crippen LogP) is 1.05. The Morgan fingerprint density at radius 1 is 1.14 bits per heavy atom. The second kappa shape index (κ2) is 7.90. The Balaban J connectivity index is 2.51. The second-order valence-electron chi connectivity index (χ2n) is 5.00. The van der Waals surface area contributed by atoms with Crippen molar-refractivity contribution in [3.8, 4) is 0 Å². The van der Waals surface area contributed by atoms with Crippen LogP contribution in [0.25, 0.3) is 0 Å². The van der Waals surface area contributed by atoms with E-state index in [0.29, 0.717) is 24.9 Å². The molecule has 0 saturated carbocycles. The van der Waals surface area contributed by atoms with E-state index in [1.54, 1.807) is 7.05 Å². The highest BCUT2D eigenvalue weighted by molar-refractivity contribution is 7.89. The van der Waals surface area contributed by atoms with Crippen molar-refractivity contribution in [1.29, 1.82) is 0 Å². The molecule has 8 heteroatoms. The lowest BCUT2D eigenvalue weighted by molar-refractivity contribution is -0.137. The zero-order valence-corrected chi connectivity index (χ0v) is 13.2. The molecule has 0 atom stereocenters. The van der Waals surface area contributed by atoms with Gasteiger partial charge in [0.2, 0.25) is 10.0 Å². The number of carboxylic acid groups (broad SMARTS) is 1. The van der Waals surface area contributed by atoms with Crippen LogP contribution in [-0.2, 0) is 14.8 Å². The van der Waals surface area contributed by atoms with E-state index in [-0.39, 0.29) is 17.2 Å². The number of carboxylic acids is 1. The Kier molecular flexibility index (Phi) is 6.51. The van der Waals surface area contributed by atoms with Gasteiger partial charge in [-0.25, -0.2) is 13.6 Å². The first-order valence-corrected chi connectivity index (χ1v) is 8.36. The Labute approximate surface area is 129 Å². The van der Waals surface area contributed by atoms with Crippen molar-refractivity contribution in [2.24, 2.45) is 5.14 Å². The topological polar surface area (TPSA) is 118 Å². The SMILES string of the molecule is CN(CCCCCC(=O)O)C(=O)c1ccc(S(N)(=O)=O)cc1. The normalized spacial score (nSPS) is 11.2. The van der Waals surface area contributed by atoms with Crippen molar-refractivity contribution in [3.05, 3.63) is 29.8 Å². The summed E-state index contributed by atoms with van der Waals surface area (Å²) in [6, 6.07) is 5.43. The van der Waals surface area contributed by atoms with Crippen molar-refractivity contribution in [2.45, 2.75) is 30.6 Å². The molecule has 22 heavy (non-hydrogen) atoms. The molecule has 0 aliphatic heterocycles. The third kappa shape index (κ3) is 5.82. The van der Waals surface area contributed by atoms with Crippen LogP contribution in [0.15, 0.2) is 29.2 Å². The van der Waals surface area contributed by atoms with E-state index < -0.39 is 16.0 Å². The molecule has 0 unspecified atom stereocenters. The first kappa shape index (κ1) is 18.1. The van der Waals surface area contributed by atoms with Crippen molar-refractivity contribution in [2.75, 3.05) is 13.6 Å². The molecule has 0 aliphatic carbocycles. The number of benzene rings is 1. The average Bonchev–Trinajstić information content (AvgIpc) is 2.44. The van der Waals surface area contributed by atoms with E-state index in [4.69, 9.17) is 10.2 Å². The maximum Gasteiger partial charge on any atom is 0.303 e. The fraction of sp³-hybridized carbons (Fsp3) is 0.429. The number of aliphatic carboxylic acids is 1. The van der Waals surface area contributed by atoms with Crippen LogP contribution in [0, 0.1) is 0 Å². The molecular weight excluding hydrogens is 308 g/mol. The molecule has 0 spiro atoms. The van der Waals surface area contributed by atoms with Crippen molar-refractivity contribution in [1.82, 2.24) is 4.90 Å². The Hall–Kier alpha value is -1.93. The quantitative estimate of drug-likeness (QED) is 0.692. The summed E-state index contributed by atoms with van der Waals surface area (Å²) in [6.07, 6.45) is 2.16. The summed E-state index contributed by atoms with van der Waals surface area (Å²) in [5.41, 5.74) is 0.375. The van der Waals surface area contributed by atoms with E-state index in [2.05, 4.69) is 0 Å². The largest absolute Gasteiger partial charge is 0.481 e. The Morgan fingerprint density at radius 3 is 2.23 bits per heavy atom. The van der Waals surface area contributed by atoms with Gasteiger partial charge in [0.05, 0.1) is 4.90 Å². The van der Waals surface area contributed by atoms with Crippen LogP contribution in [0.3, 0.4) is 0 Å². The van der Waals surface area contributed by atoms with Gasteiger partial charge in [0, 0.05) is 25.6 Å². The van der Waals surface area contributed by atoms with E-state index in [0.717, 1.165) is 6.42 Å².